The van der Waals surface area contributed by atoms with Crippen LogP contribution in [-0.4, -0.2) is 43.5 Å². The van der Waals surface area contributed by atoms with Crippen molar-refractivity contribution in [3.05, 3.63) is 39.9 Å². The Hall–Kier alpha value is -2.48. The van der Waals surface area contributed by atoms with Crippen LogP contribution in [0.25, 0.3) is 0 Å². The summed E-state index contributed by atoms with van der Waals surface area (Å²) in [6, 6.07) is 3.61. The summed E-state index contributed by atoms with van der Waals surface area (Å²) in [4.78, 5) is 26.3. The normalized spacial score (nSPS) is 14.6. The SMILES string of the molecule is CCn1nc2c(cc1=O)CN(CC(=O)Nc1ccnn1C(C)C)CC2. The summed E-state index contributed by atoms with van der Waals surface area (Å²) >= 11 is 0. The van der Waals surface area contributed by atoms with Gasteiger partial charge in [0.15, 0.2) is 0 Å². The summed E-state index contributed by atoms with van der Waals surface area (Å²) in [7, 11) is 0. The van der Waals surface area contributed by atoms with Crippen molar-refractivity contribution in [3.8, 4) is 0 Å². The van der Waals surface area contributed by atoms with Crippen molar-refractivity contribution in [2.24, 2.45) is 0 Å². The third-order valence-corrected chi connectivity index (χ3v) is 4.32. The molecule has 0 saturated carbocycles. The molecule has 1 amide bonds. The highest BCUT2D eigenvalue weighted by Gasteiger charge is 2.21. The number of carbonyl (C=O) groups is 1. The lowest BCUT2D eigenvalue weighted by Crippen LogP contribution is -2.39. The number of rotatable bonds is 5. The second kappa shape index (κ2) is 7.18. The summed E-state index contributed by atoms with van der Waals surface area (Å²) in [6.45, 7) is 8.10. The molecule has 0 unspecified atom stereocenters. The van der Waals surface area contributed by atoms with Crippen molar-refractivity contribution in [1.29, 1.82) is 0 Å². The number of carbonyl (C=O) groups excluding carboxylic acids is 1. The van der Waals surface area contributed by atoms with Crippen molar-refractivity contribution in [2.45, 2.75) is 46.3 Å². The Morgan fingerprint density at radius 3 is 2.92 bits per heavy atom. The molecule has 134 valence electrons. The van der Waals surface area contributed by atoms with Crippen molar-refractivity contribution in [2.75, 3.05) is 18.4 Å². The molecule has 0 radical (unpaired) electrons. The van der Waals surface area contributed by atoms with Gasteiger partial charge in [-0.1, -0.05) is 0 Å². The maximum Gasteiger partial charge on any atom is 0.267 e. The number of anilines is 1. The zero-order valence-corrected chi connectivity index (χ0v) is 14.9. The summed E-state index contributed by atoms with van der Waals surface area (Å²) in [5.74, 6) is 0.616. The molecule has 1 aliphatic heterocycles. The number of aromatic nitrogens is 4. The quantitative estimate of drug-likeness (QED) is 0.876. The van der Waals surface area contributed by atoms with Crippen molar-refractivity contribution < 1.29 is 4.79 Å². The first-order chi connectivity index (χ1) is 12.0. The Morgan fingerprint density at radius 2 is 2.20 bits per heavy atom. The highest BCUT2D eigenvalue weighted by molar-refractivity contribution is 5.91. The number of aryl methyl sites for hydroxylation is 1. The number of nitrogens with one attached hydrogen (secondary N) is 1. The van der Waals surface area contributed by atoms with E-state index in [1.807, 2.05) is 25.7 Å². The summed E-state index contributed by atoms with van der Waals surface area (Å²) in [5.41, 5.74) is 1.78. The average molecular weight is 344 g/mol. The number of nitrogens with zero attached hydrogens (tertiary/aromatic N) is 5. The van der Waals surface area contributed by atoms with Gasteiger partial charge < -0.3 is 5.32 Å². The molecule has 1 N–H and O–H groups in total. The Morgan fingerprint density at radius 1 is 1.40 bits per heavy atom. The molecule has 3 rings (SSSR count). The van der Waals surface area contributed by atoms with Gasteiger partial charge in [0.25, 0.3) is 5.56 Å². The van der Waals surface area contributed by atoms with Crippen LogP contribution in [0.1, 0.15) is 38.1 Å². The van der Waals surface area contributed by atoms with Crippen molar-refractivity contribution >= 4 is 11.7 Å². The van der Waals surface area contributed by atoms with Gasteiger partial charge in [-0.15, -0.1) is 0 Å². The smallest absolute Gasteiger partial charge is 0.267 e. The van der Waals surface area contributed by atoms with E-state index in [1.165, 1.54) is 4.68 Å². The Bertz CT molecular complexity index is 823. The first-order valence-corrected chi connectivity index (χ1v) is 8.63. The fourth-order valence-electron chi connectivity index (χ4n) is 3.07. The number of fused-ring (bicyclic) bond motifs is 1. The zero-order chi connectivity index (χ0) is 18.0. The molecule has 0 atom stereocenters. The predicted octanol–water partition coefficient (Wildman–Crippen LogP) is 1.04. The topological polar surface area (TPSA) is 85.1 Å². The fourth-order valence-corrected chi connectivity index (χ4v) is 3.07. The van der Waals surface area contributed by atoms with Crippen LogP contribution in [0.15, 0.2) is 23.1 Å². The van der Waals surface area contributed by atoms with Crippen LogP contribution in [0.5, 0.6) is 0 Å². The van der Waals surface area contributed by atoms with Crippen molar-refractivity contribution in [3.63, 3.8) is 0 Å². The van der Waals surface area contributed by atoms with Crippen LogP contribution >= 0.6 is 0 Å². The maximum absolute atomic E-state index is 12.4. The van der Waals surface area contributed by atoms with Crippen LogP contribution in [-0.2, 0) is 24.3 Å². The maximum atomic E-state index is 12.4. The molecule has 3 heterocycles. The van der Waals surface area contributed by atoms with E-state index in [0.29, 0.717) is 18.9 Å². The molecule has 1 aliphatic rings. The van der Waals surface area contributed by atoms with Gasteiger partial charge in [0.2, 0.25) is 5.91 Å². The molecule has 0 saturated heterocycles. The largest absolute Gasteiger partial charge is 0.310 e. The first-order valence-electron chi connectivity index (χ1n) is 8.63. The van der Waals surface area contributed by atoms with Crippen LogP contribution in [0.4, 0.5) is 5.82 Å². The van der Waals surface area contributed by atoms with Gasteiger partial charge in [-0.05, 0) is 26.3 Å². The van der Waals surface area contributed by atoms with Crippen LogP contribution in [0, 0.1) is 0 Å². The molecule has 2 aromatic heterocycles. The molecule has 0 bridgehead atoms. The van der Waals surface area contributed by atoms with E-state index in [9.17, 15) is 9.59 Å². The molecular formula is C17H24N6O2. The third kappa shape index (κ3) is 3.79. The van der Waals surface area contributed by atoms with Crippen LogP contribution in [0.3, 0.4) is 0 Å². The molecule has 0 aliphatic carbocycles. The monoisotopic (exact) mass is 344 g/mol. The minimum absolute atomic E-state index is 0.0827. The van der Waals surface area contributed by atoms with E-state index in [0.717, 1.165) is 24.2 Å². The lowest BCUT2D eigenvalue weighted by atomic mass is 10.1. The summed E-state index contributed by atoms with van der Waals surface area (Å²) in [6.07, 6.45) is 2.42. The molecule has 0 fully saturated rings. The van der Waals surface area contributed by atoms with Gasteiger partial charge in [0.1, 0.15) is 5.82 Å². The Balaban J connectivity index is 1.65. The highest BCUT2D eigenvalue weighted by Crippen LogP contribution is 2.16. The van der Waals surface area contributed by atoms with Gasteiger partial charge in [-0.2, -0.15) is 10.2 Å². The average Bonchev–Trinajstić information content (AvgIpc) is 3.02. The van der Waals surface area contributed by atoms with Crippen LogP contribution < -0.4 is 10.9 Å². The van der Waals surface area contributed by atoms with E-state index >= 15 is 0 Å². The second-order valence-electron chi connectivity index (χ2n) is 6.53. The highest BCUT2D eigenvalue weighted by atomic mass is 16.2. The molecule has 0 spiro atoms. The molecule has 8 nitrogen and oxygen atoms in total. The summed E-state index contributed by atoms with van der Waals surface area (Å²) in [5, 5.41) is 11.5. The van der Waals surface area contributed by atoms with E-state index in [-0.39, 0.29) is 24.1 Å². The fraction of sp³-hybridized carbons (Fsp3) is 0.529. The number of hydrogen-bond donors (Lipinski definition) is 1. The molecule has 2 aromatic rings. The van der Waals surface area contributed by atoms with E-state index in [2.05, 4.69) is 15.5 Å². The van der Waals surface area contributed by atoms with Gasteiger partial charge in [0.05, 0.1) is 18.4 Å². The van der Waals surface area contributed by atoms with E-state index in [4.69, 9.17) is 0 Å². The minimum atomic E-state index is -0.0895. The lowest BCUT2D eigenvalue weighted by Gasteiger charge is -2.27. The van der Waals surface area contributed by atoms with Gasteiger partial charge in [-0.3, -0.25) is 14.5 Å². The van der Waals surface area contributed by atoms with Gasteiger partial charge in [-0.25, -0.2) is 9.36 Å². The number of hydrogen-bond acceptors (Lipinski definition) is 5. The van der Waals surface area contributed by atoms with Crippen LogP contribution in [0.2, 0.25) is 0 Å². The molecular weight excluding hydrogens is 320 g/mol. The van der Waals surface area contributed by atoms with Gasteiger partial charge in [0, 0.05) is 44.2 Å². The third-order valence-electron chi connectivity index (χ3n) is 4.32. The molecule has 8 heteroatoms. The minimum Gasteiger partial charge on any atom is -0.310 e. The number of amides is 1. The van der Waals surface area contributed by atoms with Gasteiger partial charge >= 0.3 is 0 Å². The molecule has 25 heavy (non-hydrogen) atoms. The standard InChI is InChI=1S/C17H24N6O2/c1-4-22-17(25)9-13-10-21(8-6-14(13)20-22)11-16(24)19-15-5-7-18-23(15)12(2)3/h5,7,9,12H,4,6,8,10-11H2,1-3H3,(H,19,24). The zero-order valence-electron chi connectivity index (χ0n) is 14.9. The van der Waals surface area contributed by atoms with E-state index in [1.54, 1.807) is 23.0 Å². The lowest BCUT2D eigenvalue weighted by molar-refractivity contribution is -0.117. The Kier molecular flexibility index (Phi) is 4.98. The second-order valence-corrected chi connectivity index (χ2v) is 6.53. The predicted molar refractivity (Wildman–Crippen MR) is 94.4 cm³/mol. The van der Waals surface area contributed by atoms with Crippen molar-refractivity contribution in [1.82, 2.24) is 24.5 Å². The molecule has 0 aromatic carbocycles. The summed E-state index contributed by atoms with van der Waals surface area (Å²) < 4.78 is 3.26. The van der Waals surface area contributed by atoms with E-state index < -0.39 is 0 Å². The Labute approximate surface area is 146 Å². The first kappa shape index (κ1) is 17.3.